The number of benzene rings is 1. The number of hydrogen-bond donors (Lipinski definition) is 0. The average molecular weight is 361 g/mol. The summed E-state index contributed by atoms with van der Waals surface area (Å²) in [6.45, 7) is 0. The van der Waals surface area contributed by atoms with Gasteiger partial charge in [0.05, 0.1) is 0 Å². The Morgan fingerprint density at radius 3 is 2.17 bits per heavy atom. The number of halogens is 3. The van der Waals surface area contributed by atoms with E-state index in [1.165, 1.54) is 0 Å². The first-order valence-electron chi connectivity index (χ1n) is 3.68. The van der Waals surface area contributed by atoms with Gasteiger partial charge in [-0.1, -0.05) is 0 Å². The number of rotatable bonds is 2. The van der Waals surface area contributed by atoms with Crippen LogP contribution in [0.1, 0.15) is 5.56 Å². The van der Waals surface area contributed by atoms with Crippen molar-refractivity contribution in [2.24, 2.45) is 0 Å². The van der Waals surface area contributed by atoms with Crippen molar-refractivity contribution in [1.82, 2.24) is 0 Å². The zero-order chi connectivity index (χ0) is 9.03. The van der Waals surface area contributed by atoms with Crippen molar-refractivity contribution >= 4 is 0 Å². The Labute approximate surface area is 81.2 Å². The predicted molar refractivity (Wildman–Crippen MR) is 36.2 cm³/mol. The molecule has 0 aliphatic carbocycles. The molecule has 1 rings (SSSR count). The Bertz CT molecular complexity index is 230. The Balaban J connectivity index is 2.44. The van der Waals surface area contributed by atoms with Gasteiger partial charge in [0.2, 0.25) is 0 Å². The van der Waals surface area contributed by atoms with E-state index in [9.17, 15) is 13.2 Å². The molecule has 62 valence electrons. The molecule has 0 atom stereocenters. The van der Waals surface area contributed by atoms with E-state index in [0.29, 0.717) is 3.93 Å². The van der Waals surface area contributed by atoms with Crippen molar-refractivity contribution in [3.05, 3.63) is 35.9 Å². The minimum absolute atomic E-state index is 0.296. The molecule has 0 fully saturated rings. The summed E-state index contributed by atoms with van der Waals surface area (Å²) in [7, 11) is 0. The molecule has 0 heterocycles. The predicted octanol–water partition coefficient (Wildman–Crippen LogP) is 2.79. The van der Waals surface area contributed by atoms with Crippen LogP contribution in [0.15, 0.2) is 30.3 Å². The molecule has 0 bridgehead atoms. The van der Waals surface area contributed by atoms with Crippen LogP contribution in [0.4, 0.5) is 13.2 Å². The van der Waals surface area contributed by atoms with Crippen LogP contribution in [0.2, 0.25) is 0 Å². The molecule has 4 heteroatoms. The number of alkyl halides is 3. The van der Waals surface area contributed by atoms with E-state index in [4.69, 9.17) is 0 Å². The summed E-state index contributed by atoms with van der Waals surface area (Å²) in [5.74, 6) is 0. The third-order valence-electron chi connectivity index (χ3n) is 1.54. The summed E-state index contributed by atoms with van der Waals surface area (Å²) >= 11 is -2.67. The fourth-order valence-electron chi connectivity index (χ4n) is 0.931. The second kappa shape index (κ2) is 4.26. The Morgan fingerprint density at radius 2 is 1.67 bits per heavy atom. The number of hydrogen-bond acceptors (Lipinski definition) is 0. The first kappa shape index (κ1) is 10.0. The van der Waals surface area contributed by atoms with Gasteiger partial charge in [-0.2, -0.15) is 0 Å². The van der Waals surface area contributed by atoms with Crippen LogP contribution in [0.25, 0.3) is 0 Å². The van der Waals surface area contributed by atoms with E-state index in [1.807, 2.05) is 6.07 Å². The van der Waals surface area contributed by atoms with Crippen molar-refractivity contribution in [1.29, 1.82) is 0 Å². The topological polar surface area (TPSA) is 0 Å². The van der Waals surface area contributed by atoms with Gasteiger partial charge in [0.1, 0.15) is 0 Å². The SMILES string of the molecule is F[C](F)(F)[Hg][CH2]c1ccccc1. The van der Waals surface area contributed by atoms with E-state index >= 15 is 0 Å². The molecule has 0 spiro atoms. The summed E-state index contributed by atoms with van der Waals surface area (Å²) in [6, 6.07) is 8.88. The summed E-state index contributed by atoms with van der Waals surface area (Å²) in [4.78, 5) is 0. The summed E-state index contributed by atoms with van der Waals surface area (Å²) < 4.78 is 32.0. The van der Waals surface area contributed by atoms with E-state index in [0.717, 1.165) is 5.56 Å². The second-order valence-corrected chi connectivity index (χ2v) is 9.61. The van der Waals surface area contributed by atoms with Crippen LogP contribution in [-0.2, 0) is 28.5 Å². The monoisotopic (exact) mass is 362 g/mol. The molecule has 0 unspecified atom stereocenters. The molecule has 0 aliphatic heterocycles. The standard InChI is InChI=1S/C7H7.CF3.Hg/c1-7-5-3-2-4-6-7;2-1(3)4;/h2-6H,1H2;;. The normalized spacial score (nSPS) is 10.9. The molecule has 0 amide bonds. The van der Waals surface area contributed by atoms with Gasteiger partial charge >= 0.3 is 81.3 Å². The van der Waals surface area contributed by atoms with Crippen LogP contribution < -0.4 is 0 Å². The van der Waals surface area contributed by atoms with Crippen molar-refractivity contribution in [3.8, 4) is 0 Å². The fourth-order valence-corrected chi connectivity index (χ4v) is 4.45. The maximum absolute atomic E-state index is 11.8. The molecule has 0 saturated carbocycles. The van der Waals surface area contributed by atoms with E-state index in [-0.39, 0.29) is 0 Å². The fraction of sp³-hybridized carbons (Fsp3) is 0.250. The zero-order valence-corrected chi connectivity index (χ0v) is 11.9. The molecule has 0 radical (unpaired) electrons. The van der Waals surface area contributed by atoms with Gasteiger partial charge in [0, 0.05) is 0 Å². The molecule has 0 nitrogen and oxygen atoms in total. The van der Waals surface area contributed by atoms with Crippen LogP contribution in [0, 0.1) is 0 Å². The Morgan fingerprint density at radius 1 is 1.08 bits per heavy atom. The van der Waals surface area contributed by atoms with Gasteiger partial charge in [0.25, 0.3) is 0 Å². The second-order valence-electron chi connectivity index (χ2n) is 2.60. The molecule has 1 aromatic rings. The Hall–Kier alpha value is -0.0549. The minimum atomic E-state index is -3.82. The summed E-state index contributed by atoms with van der Waals surface area (Å²) in [6.07, 6.45) is 0. The molecular formula is C8H7F3Hg. The summed E-state index contributed by atoms with van der Waals surface area (Å²) in [5, 5.41) is 0. The van der Waals surface area contributed by atoms with Crippen molar-refractivity contribution in [2.75, 3.05) is 0 Å². The van der Waals surface area contributed by atoms with Gasteiger partial charge in [-0.15, -0.1) is 0 Å². The van der Waals surface area contributed by atoms with Gasteiger partial charge < -0.3 is 0 Å². The van der Waals surface area contributed by atoms with Crippen LogP contribution in [0.3, 0.4) is 0 Å². The van der Waals surface area contributed by atoms with E-state index in [1.54, 1.807) is 24.3 Å². The van der Waals surface area contributed by atoms with Gasteiger partial charge in [-0.25, -0.2) is 0 Å². The van der Waals surface area contributed by atoms with Crippen LogP contribution >= 0.6 is 0 Å². The molecule has 0 aromatic heterocycles. The first-order valence-corrected chi connectivity index (χ1v) is 10.3. The summed E-state index contributed by atoms with van der Waals surface area (Å²) in [5.41, 5.74) is 0.830. The van der Waals surface area contributed by atoms with E-state index in [2.05, 4.69) is 0 Å². The zero-order valence-electron chi connectivity index (χ0n) is 6.43. The third kappa shape index (κ3) is 4.09. The van der Waals surface area contributed by atoms with Gasteiger partial charge in [-0.05, 0) is 0 Å². The van der Waals surface area contributed by atoms with Crippen molar-refractivity contribution in [3.63, 3.8) is 0 Å². The van der Waals surface area contributed by atoms with Crippen molar-refractivity contribution in [2.45, 2.75) is 7.61 Å². The molecular weight excluding hydrogens is 354 g/mol. The molecule has 0 aliphatic rings. The molecule has 1 aromatic carbocycles. The first-order chi connectivity index (χ1) is 5.58. The average Bonchev–Trinajstić information content (AvgIpc) is 2.02. The quantitative estimate of drug-likeness (QED) is 0.712. The maximum atomic E-state index is 11.8. The molecule has 12 heavy (non-hydrogen) atoms. The van der Waals surface area contributed by atoms with Crippen LogP contribution in [0.5, 0.6) is 0 Å². The molecule has 0 N–H and O–H groups in total. The van der Waals surface area contributed by atoms with E-state index < -0.39 is 28.3 Å². The Kier molecular flexibility index (Phi) is 3.56. The van der Waals surface area contributed by atoms with Gasteiger partial charge in [0.15, 0.2) is 0 Å². The van der Waals surface area contributed by atoms with Crippen molar-refractivity contribution < 1.29 is 37.7 Å². The van der Waals surface area contributed by atoms with Crippen LogP contribution in [-0.4, -0.2) is 3.69 Å². The third-order valence-corrected chi connectivity index (χ3v) is 6.96. The van der Waals surface area contributed by atoms with Gasteiger partial charge in [-0.3, -0.25) is 0 Å². The molecule has 0 saturated heterocycles.